The average Bonchev–Trinajstić information content (AvgIpc) is 2.18. The Labute approximate surface area is 91.2 Å². The number of nitrogens with two attached hydrogens (primary N) is 1. The van der Waals surface area contributed by atoms with E-state index in [9.17, 15) is 0 Å². The summed E-state index contributed by atoms with van der Waals surface area (Å²) in [6.07, 6.45) is 0. The highest BCUT2D eigenvalue weighted by Crippen LogP contribution is 2.19. The summed E-state index contributed by atoms with van der Waals surface area (Å²) in [6.45, 7) is 5.02. The van der Waals surface area contributed by atoms with Gasteiger partial charge in [-0.25, -0.2) is 0 Å². The monoisotopic (exact) mass is 209 g/mol. The summed E-state index contributed by atoms with van der Waals surface area (Å²) in [5.74, 6) is 0.833. The summed E-state index contributed by atoms with van der Waals surface area (Å²) in [7, 11) is 1.68. The summed E-state index contributed by atoms with van der Waals surface area (Å²) >= 11 is 0. The van der Waals surface area contributed by atoms with Gasteiger partial charge in [0, 0.05) is 13.7 Å². The molecule has 15 heavy (non-hydrogen) atoms. The van der Waals surface area contributed by atoms with E-state index in [4.69, 9.17) is 15.2 Å². The number of hydrogen-bond donors (Lipinski definition) is 1. The van der Waals surface area contributed by atoms with Gasteiger partial charge in [-0.2, -0.15) is 0 Å². The fourth-order valence-corrected chi connectivity index (χ4v) is 1.23. The van der Waals surface area contributed by atoms with Crippen molar-refractivity contribution >= 4 is 0 Å². The number of rotatable bonds is 5. The van der Waals surface area contributed by atoms with E-state index in [0.717, 1.165) is 11.3 Å². The second-order valence-corrected chi connectivity index (χ2v) is 4.15. The van der Waals surface area contributed by atoms with Crippen molar-refractivity contribution in [2.75, 3.05) is 13.7 Å². The maximum absolute atomic E-state index is 5.76. The summed E-state index contributed by atoms with van der Waals surface area (Å²) in [4.78, 5) is 0. The van der Waals surface area contributed by atoms with Crippen molar-refractivity contribution in [3.8, 4) is 5.75 Å². The summed E-state index contributed by atoms with van der Waals surface area (Å²) < 4.78 is 10.8. The van der Waals surface area contributed by atoms with Gasteiger partial charge in [0.25, 0.3) is 0 Å². The van der Waals surface area contributed by atoms with Gasteiger partial charge in [0.2, 0.25) is 0 Å². The Balaban J connectivity index is 2.73. The van der Waals surface area contributed by atoms with Crippen LogP contribution >= 0.6 is 0 Å². The molecular formula is C12H19NO2. The molecule has 0 amide bonds. The molecule has 1 aromatic carbocycles. The first-order chi connectivity index (χ1) is 7.07. The highest BCUT2D eigenvalue weighted by Gasteiger charge is 2.17. The van der Waals surface area contributed by atoms with E-state index in [1.807, 2.05) is 38.1 Å². The molecule has 0 fully saturated rings. The van der Waals surface area contributed by atoms with Crippen molar-refractivity contribution in [1.29, 1.82) is 0 Å². The third-order valence-corrected chi connectivity index (χ3v) is 2.10. The second kappa shape index (κ2) is 5.14. The highest BCUT2D eigenvalue weighted by atomic mass is 16.5. The molecule has 0 radical (unpaired) electrons. The van der Waals surface area contributed by atoms with Crippen molar-refractivity contribution in [3.63, 3.8) is 0 Å². The summed E-state index contributed by atoms with van der Waals surface area (Å²) in [5.41, 5.74) is 6.37. The maximum Gasteiger partial charge on any atom is 0.120 e. The smallest absolute Gasteiger partial charge is 0.120 e. The lowest BCUT2D eigenvalue weighted by Gasteiger charge is -2.24. The van der Waals surface area contributed by atoms with Crippen molar-refractivity contribution in [2.45, 2.75) is 26.1 Å². The van der Waals surface area contributed by atoms with E-state index in [0.29, 0.717) is 13.2 Å². The topological polar surface area (TPSA) is 44.5 Å². The normalized spacial score (nSPS) is 11.5. The van der Waals surface area contributed by atoms with Crippen molar-refractivity contribution in [1.82, 2.24) is 0 Å². The van der Waals surface area contributed by atoms with Crippen LogP contribution in [-0.2, 0) is 11.3 Å². The molecule has 3 nitrogen and oxygen atoms in total. The molecule has 1 aromatic rings. The van der Waals surface area contributed by atoms with E-state index < -0.39 is 0 Å². The lowest BCUT2D eigenvalue weighted by atomic mass is 10.1. The van der Waals surface area contributed by atoms with Gasteiger partial charge in [0.1, 0.15) is 11.4 Å². The zero-order valence-electron chi connectivity index (χ0n) is 9.62. The molecule has 0 saturated heterocycles. The Morgan fingerprint density at radius 3 is 2.67 bits per heavy atom. The zero-order chi connectivity index (χ0) is 11.3. The first kappa shape index (κ1) is 12.0. The molecule has 1 rings (SSSR count). The van der Waals surface area contributed by atoms with Gasteiger partial charge in [-0.1, -0.05) is 12.1 Å². The summed E-state index contributed by atoms with van der Waals surface area (Å²) in [5, 5.41) is 0. The molecule has 0 spiro atoms. The van der Waals surface area contributed by atoms with Gasteiger partial charge in [-0.3, -0.25) is 0 Å². The molecule has 2 N–H and O–H groups in total. The Bertz CT molecular complexity index is 310. The fourth-order valence-electron chi connectivity index (χ4n) is 1.23. The lowest BCUT2D eigenvalue weighted by molar-refractivity contribution is 0.118. The van der Waals surface area contributed by atoms with E-state index in [1.165, 1.54) is 0 Å². The van der Waals surface area contributed by atoms with Crippen LogP contribution in [0.2, 0.25) is 0 Å². The molecular weight excluding hydrogens is 190 g/mol. The van der Waals surface area contributed by atoms with Crippen LogP contribution in [0.4, 0.5) is 0 Å². The number of hydrogen-bond acceptors (Lipinski definition) is 3. The SMILES string of the molecule is COCc1cccc(OC(C)(C)CN)c1. The molecule has 0 saturated carbocycles. The zero-order valence-corrected chi connectivity index (χ0v) is 9.62. The van der Waals surface area contributed by atoms with Crippen LogP contribution < -0.4 is 10.5 Å². The predicted molar refractivity (Wildman–Crippen MR) is 60.9 cm³/mol. The molecule has 0 bridgehead atoms. The molecule has 0 aliphatic heterocycles. The molecule has 84 valence electrons. The van der Waals surface area contributed by atoms with Crippen LogP contribution in [0.25, 0.3) is 0 Å². The number of benzene rings is 1. The van der Waals surface area contributed by atoms with Crippen molar-refractivity contribution < 1.29 is 9.47 Å². The first-order valence-electron chi connectivity index (χ1n) is 5.04. The van der Waals surface area contributed by atoms with Gasteiger partial charge in [-0.15, -0.1) is 0 Å². The fraction of sp³-hybridized carbons (Fsp3) is 0.500. The predicted octanol–water partition coefficient (Wildman–Crippen LogP) is 1.95. The Hall–Kier alpha value is -1.06. The highest BCUT2D eigenvalue weighted by molar-refractivity contribution is 5.28. The largest absolute Gasteiger partial charge is 0.487 e. The second-order valence-electron chi connectivity index (χ2n) is 4.15. The number of ether oxygens (including phenoxy) is 2. The maximum atomic E-state index is 5.76. The molecule has 0 aliphatic rings. The average molecular weight is 209 g/mol. The summed E-state index contributed by atoms with van der Waals surface area (Å²) in [6, 6.07) is 7.86. The molecule has 0 aliphatic carbocycles. The van der Waals surface area contributed by atoms with Gasteiger partial charge < -0.3 is 15.2 Å². The minimum atomic E-state index is -0.328. The van der Waals surface area contributed by atoms with Crippen LogP contribution in [0.15, 0.2) is 24.3 Å². The van der Waals surface area contributed by atoms with Gasteiger partial charge in [0.05, 0.1) is 6.61 Å². The van der Waals surface area contributed by atoms with Gasteiger partial charge >= 0.3 is 0 Å². The molecule has 0 heterocycles. The van der Waals surface area contributed by atoms with Crippen molar-refractivity contribution in [3.05, 3.63) is 29.8 Å². The van der Waals surface area contributed by atoms with Gasteiger partial charge in [-0.05, 0) is 31.5 Å². The Kier molecular flexibility index (Phi) is 4.12. The standard InChI is InChI=1S/C12H19NO2/c1-12(2,9-13)15-11-6-4-5-10(7-11)8-14-3/h4-7H,8-9,13H2,1-3H3. The van der Waals surface area contributed by atoms with E-state index in [-0.39, 0.29) is 5.60 Å². The molecule has 3 heteroatoms. The van der Waals surface area contributed by atoms with Crippen LogP contribution in [0.1, 0.15) is 19.4 Å². The van der Waals surface area contributed by atoms with Crippen LogP contribution in [0.5, 0.6) is 5.75 Å². The lowest BCUT2D eigenvalue weighted by Crippen LogP contribution is -2.37. The Morgan fingerprint density at radius 1 is 1.33 bits per heavy atom. The third-order valence-electron chi connectivity index (χ3n) is 2.10. The van der Waals surface area contributed by atoms with Crippen LogP contribution in [-0.4, -0.2) is 19.3 Å². The van der Waals surface area contributed by atoms with Crippen molar-refractivity contribution in [2.24, 2.45) is 5.73 Å². The number of methoxy groups -OCH3 is 1. The Morgan fingerprint density at radius 2 is 2.07 bits per heavy atom. The molecule has 0 unspecified atom stereocenters. The first-order valence-corrected chi connectivity index (χ1v) is 5.04. The quantitative estimate of drug-likeness (QED) is 0.806. The van der Waals surface area contributed by atoms with E-state index in [1.54, 1.807) is 7.11 Å². The van der Waals surface area contributed by atoms with E-state index >= 15 is 0 Å². The van der Waals surface area contributed by atoms with Crippen LogP contribution in [0, 0.1) is 0 Å². The minimum Gasteiger partial charge on any atom is -0.487 e. The molecule has 0 atom stereocenters. The van der Waals surface area contributed by atoms with Crippen LogP contribution in [0.3, 0.4) is 0 Å². The van der Waals surface area contributed by atoms with Gasteiger partial charge in [0.15, 0.2) is 0 Å². The minimum absolute atomic E-state index is 0.328. The third kappa shape index (κ3) is 3.90. The van der Waals surface area contributed by atoms with E-state index in [2.05, 4.69) is 0 Å². The molecule has 0 aromatic heterocycles.